The van der Waals surface area contributed by atoms with Gasteiger partial charge >= 0.3 is 13.8 Å². The van der Waals surface area contributed by atoms with Gasteiger partial charge in [-0.1, -0.05) is 0 Å². The molecule has 0 aliphatic rings. The first-order valence-electron chi connectivity index (χ1n) is 8.48. The van der Waals surface area contributed by atoms with Crippen molar-refractivity contribution in [2.24, 2.45) is 0 Å². The van der Waals surface area contributed by atoms with Gasteiger partial charge in [-0.3, -0.25) is 13.6 Å². The van der Waals surface area contributed by atoms with Crippen molar-refractivity contribution < 1.29 is 36.8 Å². The topological polar surface area (TPSA) is 87.0 Å². The number of aromatic nitrogens is 1. The van der Waals surface area contributed by atoms with E-state index in [1.165, 1.54) is 6.07 Å². The first-order valence-corrected chi connectivity index (χ1v) is 9.94. The molecule has 0 amide bonds. The summed E-state index contributed by atoms with van der Waals surface area (Å²) in [6, 6.07) is 2.90. The van der Waals surface area contributed by atoms with Crippen LogP contribution in [0.15, 0.2) is 18.2 Å². The number of aromatic carboxylic acids is 1. The summed E-state index contributed by atoms with van der Waals surface area (Å²) >= 11 is 0. The Bertz CT molecular complexity index is 922. The fourth-order valence-corrected chi connectivity index (χ4v) is 4.18. The summed E-state index contributed by atoms with van der Waals surface area (Å²) in [6.45, 7) is 9.35. The number of rotatable bonds is 6. The molecule has 0 radical (unpaired) electrons. The molecule has 0 aliphatic heterocycles. The molecule has 0 unspecified atom stereocenters. The third-order valence-electron chi connectivity index (χ3n) is 3.28. The number of nitrogens with zero attached hydrogens (tertiary/aromatic N) is 1. The molecule has 1 aromatic heterocycles. The first-order chi connectivity index (χ1) is 12.6. The highest BCUT2D eigenvalue weighted by Crippen LogP contribution is 2.55. The lowest BCUT2D eigenvalue weighted by molar-refractivity contribution is -0.00620. The molecule has 10 heteroatoms. The molecular formula is C18H24F2NO6P. The number of fused-ring (bicyclic) bond motifs is 1. The van der Waals surface area contributed by atoms with Crippen molar-refractivity contribution in [1.29, 1.82) is 0 Å². The van der Waals surface area contributed by atoms with Crippen molar-refractivity contribution in [2.75, 3.05) is 0 Å². The van der Waals surface area contributed by atoms with E-state index >= 15 is 0 Å². The predicted molar refractivity (Wildman–Crippen MR) is 99.2 cm³/mol. The van der Waals surface area contributed by atoms with Gasteiger partial charge in [-0.2, -0.15) is 0 Å². The maximum absolute atomic E-state index is 13.7. The van der Waals surface area contributed by atoms with E-state index < -0.39 is 43.4 Å². The molecule has 2 aromatic rings. The zero-order valence-electron chi connectivity index (χ0n) is 16.6. The summed E-state index contributed by atoms with van der Waals surface area (Å²) in [7, 11) is -4.13. The first kappa shape index (κ1) is 22.5. The number of halogens is 2. The van der Waals surface area contributed by atoms with E-state index in [9.17, 15) is 23.2 Å². The quantitative estimate of drug-likeness (QED) is 0.637. The molecule has 0 saturated heterocycles. The molecule has 1 aromatic carbocycles. The van der Waals surface area contributed by atoms with E-state index in [-0.39, 0.29) is 16.6 Å². The van der Waals surface area contributed by atoms with Crippen LogP contribution >= 0.6 is 7.82 Å². The van der Waals surface area contributed by atoms with Crippen LogP contribution in [0, 0.1) is 11.6 Å². The van der Waals surface area contributed by atoms with Crippen LogP contribution in [0.5, 0.6) is 0 Å². The van der Waals surface area contributed by atoms with Gasteiger partial charge in [0.05, 0.1) is 16.7 Å². The highest BCUT2D eigenvalue weighted by molar-refractivity contribution is 7.48. The van der Waals surface area contributed by atoms with Crippen LogP contribution in [-0.4, -0.2) is 26.8 Å². The smallest absolute Gasteiger partial charge is 0.477 e. The molecule has 0 atom stereocenters. The van der Waals surface area contributed by atoms with Crippen LogP contribution in [0.2, 0.25) is 0 Å². The van der Waals surface area contributed by atoms with E-state index in [1.807, 2.05) is 0 Å². The van der Waals surface area contributed by atoms with Crippen LogP contribution in [0.3, 0.4) is 0 Å². The average molecular weight is 419 g/mol. The normalized spacial score (nSPS) is 13.3. The molecule has 0 aliphatic carbocycles. The zero-order chi connectivity index (χ0) is 21.5. The molecule has 0 bridgehead atoms. The third kappa shape index (κ3) is 5.61. The van der Waals surface area contributed by atoms with E-state index in [0.717, 1.165) is 16.7 Å². The third-order valence-corrected chi connectivity index (χ3v) is 5.25. The lowest BCUT2D eigenvalue weighted by Crippen LogP contribution is -2.25. The number of hydrogen-bond acceptors (Lipinski definition) is 5. The van der Waals surface area contributed by atoms with Crippen molar-refractivity contribution >= 4 is 24.7 Å². The van der Waals surface area contributed by atoms with Gasteiger partial charge in [0.2, 0.25) is 0 Å². The summed E-state index contributed by atoms with van der Waals surface area (Å²) < 4.78 is 57.7. The molecule has 156 valence electrons. The molecule has 7 nitrogen and oxygen atoms in total. The van der Waals surface area contributed by atoms with E-state index in [1.54, 1.807) is 41.5 Å². The van der Waals surface area contributed by atoms with Crippen LogP contribution < -0.4 is 0 Å². The Morgan fingerprint density at radius 2 is 1.54 bits per heavy atom. The molecule has 0 spiro atoms. The SMILES string of the molecule is CC(C)(C)OP(=O)(OCn1c(C(=O)O)cc2cc(F)c(F)cc21)OC(C)(C)C. The van der Waals surface area contributed by atoms with Crippen molar-refractivity contribution in [1.82, 2.24) is 4.57 Å². The molecule has 1 N–H and O–H groups in total. The lowest BCUT2D eigenvalue weighted by Gasteiger charge is -2.31. The van der Waals surface area contributed by atoms with Gasteiger partial charge in [0.25, 0.3) is 0 Å². The highest BCUT2D eigenvalue weighted by Gasteiger charge is 2.37. The number of carbonyl (C=O) groups is 1. The molecule has 2 rings (SSSR count). The van der Waals surface area contributed by atoms with E-state index in [4.69, 9.17) is 13.6 Å². The van der Waals surface area contributed by atoms with Gasteiger partial charge in [0.1, 0.15) is 12.4 Å². The maximum Gasteiger partial charge on any atom is 0.477 e. The summed E-state index contributed by atoms with van der Waals surface area (Å²) in [6.07, 6.45) is 0. The second-order valence-electron chi connectivity index (χ2n) is 8.20. The second kappa shape index (κ2) is 7.55. The molecular weight excluding hydrogens is 395 g/mol. The largest absolute Gasteiger partial charge is 0.477 e. The predicted octanol–water partition coefficient (Wildman–Crippen LogP) is 5.33. The van der Waals surface area contributed by atoms with Gasteiger partial charge in [-0.05, 0) is 53.7 Å². The Morgan fingerprint density at radius 3 is 2.00 bits per heavy atom. The van der Waals surface area contributed by atoms with Crippen molar-refractivity contribution in [2.45, 2.75) is 59.5 Å². The average Bonchev–Trinajstić information content (AvgIpc) is 2.79. The number of phosphoric acid groups is 1. The lowest BCUT2D eigenvalue weighted by atomic mass is 10.2. The van der Waals surface area contributed by atoms with E-state index in [0.29, 0.717) is 0 Å². The number of benzene rings is 1. The van der Waals surface area contributed by atoms with Crippen LogP contribution in [0.4, 0.5) is 8.78 Å². The number of hydrogen-bond donors (Lipinski definition) is 1. The van der Waals surface area contributed by atoms with E-state index in [2.05, 4.69) is 0 Å². The molecule has 0 saturated carbocycles. The van der Waals surface area contributed by atoms with Gasteiger partial charge in [-0.15, -0.1) is 0 Å². The summed E-state index contributed by atoms with van der Waals surface area (Å²) in [5.74, 6) is -3.60. The Morgan fingerprint density at radius 1 is 1.04 bits per heavy atom. The minimum Gasteiger partial charge on any atom is -0.477 e. The Labute approximate surface area is 161 Å². The van der Waals surface area contributed by atoms with Gasteiger partial charge in [0.15, 0.2) is 11.6 Å². The standard InChI is InChI=1S/C18H24F2NO6P/c1-17(2,3)26-28(24,27-18(4,5)6)25-10-21-14-9-13(20)12(19)7-11(14)8-15(21)16(22)23/h7-9H,10H2,1-6H3,(H,22,23). The van der Waals surface area contributed by atoms with Gasteiger partial charge in [-0.25, -0.2) is 18.1 Å². The fraction of sp³-hybridized carbons (Fsp3) is 0.500. The minimum atomic E-state index is -4.13. The van der Waals surface area contributed by atoms with Crippen LogP contribution in [-0.2, 0) is 24.9 Å². The molecule has 1 heterocycles. The summed E-state index contributed by atoms with van der Waals surface area (Å²) in [4.78, 5) is 11.5. The number of carboxylic acids is 1. The van der Waals surface area contributed by atoms with Gasteiger partial charge < -0.3 is 9.67 Å². The molecule has 28 heavy (non-hydrogen) atoms. The minimum absolute atomic E-state index is 0.0642. The fourth-order valence-electron chi connectivity index (χ4n) is 2.44. The van der Waals surface area contributed by atoms with Crippen molar-refractivity contribution in [3.63, 3.8) is 0 Å². The maximum atomic E-state index is 13.7. The summed E-state index contributed by atoms with van der Waals surface area (Å²) in [5.41, 5.74) is -2.00. The summed E-state index contributed by atoms with van der Waals surface area (Å²) in [5, 5.41) is 9.57. The van der Waals surface area contributed by atoms with Gasteiger partial charge in [0, 0.05) is 11.5 Å². The number of carboxylic acid groups (broad SMARTS) is 1. The van der Waals surface area contributed by atoms with Crippen molar-refractivity contribution in [3.8, 4) is 0 Å². The highest BCUT2D eigenvalue weighted by atomic mass is 31.2. The monoisotopic (exact) mass is 419 g/mol. The molecule has 0 fully saturated rings. The van der Waals surface area contributed by atoms with Crippen LogP contribution in [0.25, 0.3) is 10.9 Å². The Balaban J connectivity index is 2.45. The van der Waals surface area contributed by atoms with Crippen molar-refractivity contribution in [3.05, 3.63) is 35.5 Å². The Hall–Kier alpha value is -1.80. The zero-order valence-corrected chi connectivity index (χ0v) is 17.5. The Kier molecular flexibility index (Phi) is 6.07. The number of phosphoric ester groups is 1. The second-order valence-corrected chi connectivity index (χ2v) is 9.72. The van der Waals surface area contributed by atoms with Crippen LogP contribution in [0.1, 0.15) is 52.0 Å².